The Morgan fingerprint density at radius 3 is 2.24 bits per heavy atom. The maximum Gasteiger partial charge on any atom is 0.235 e. The minimum Gasteiger partial charge on any atom is -0.372 e. The van der Waals surface area contributed by atoms with Crippen LogP contribution in [0.2, 0.25) is 0 Å². The zero-order valence-corrected chi connectivity index (χ0v) is 13.6. The van der Waals surface area contributed by atoms with Crippen molar-refractivity contribution in [1.82, 2.24) is 5.32 Å². The Morgan fingerprint density at radius 1 is 1.14 bits per heavy atom. The fourth-order valence-corrected chi connectivity index (χ4v) is 4.17. The van der Waals surface area contributed by atoms with Crippen molar-refractivity contribution >= 4 is 21.4 Å². The zero-order valence-electron chi connectivity index (χ0n) is 12.8. The number of sulfonamides is 1. The van der Waals surface area contributed by atoms with E-state index >= 15 is 0 Å². The van der Waals surface area contributed by atoms with Crippen molar-refractivity contribution in [3.8, 4) is 0 Å². The topological polar surface area (TPSA) is 61.4 Å². The van der Waals surface area contributed by atoms with Crippen LogP contribution in [0, 0.1) is 0 Å². The summed E-state index contributed by atoms with van der Waals surface area (Å²) in [6.45, 7) is 7.64. The summed E-state index contributed by atoms with van der Waals surface area (Å²) in [5, 5.41) is 2.90. The molecule has 0 saturated carbocycles. The Labute approximate surface area is 127 Å². The van der Waals surface area contributed by atoms with Gasteiger partial charge in [-0.3, -0.25) is 4.72 Å². The fraction of sp³-hybridized carbons (Fsp3) is 0.600. The lowest BCUT2D eigenvalue weighted by molar-refractivity contribution is 0.499. The molecule has 0 atom stereocenters. The molecule has 0 spiro atoms. The average Bonchev–Trinajstić information content (AvgIpc) is 2.51. The summed E-state index contributed by atoms with van der Waals surface area (Å²) in [5.74, 6) is 0. The molecular weight excluding hydrogens is 286 g/mol. The van der Waals surface area contributed by atoms with Gasteiger partial charge < -0.3 is 10.2 Å². The molecule has 0 unspecified atom stereocenters. The molecule has 21 heavy (non-hydrogen) atoms. The molecule has 1 aliphatic rings. The second-order valence-electron chi connectivity index (χ2n) is 5.32. The summed E-state index contributed by atoms with van der Waals surface area (Å²) in [6, 6.07) is 7.61. The van der Waals surface area contributed by atoms with Crippen molar-refractivity contribution in [2.45, 2.75) is 31.9 Å². The van der Waals surface area contributed by atoms with E-state index in [0.29, 0.717) is 18.5 Å². The highest BCUT2D eigenvalue weighted by atomic mass is 32.2. The highest BCUT2D eigenvalue weighted by molar-refractivity contribution is 7.93. The molecule has 1 aliphatic heterocycles. The molecular formula is C15H25N3O2S. The van der Waals surface area contributed by atoms with Crippen molar-refractivity contribution < 1.29 is 8.42 Å². The molecule has 0 aliphatic carbocycles. The number of rotatable bonds is 6. The van der Waals surface area contributed by atoms with Crippen LogP contribution in [0.15, 0.2) is 24.3 Å². The van der Waals surface area contributed by atoms with Crippen LogP contribution in [0.3, 0.4) is 0 Å². The Balaban J connectivity index is 2.05. The van der Waals surface area contributed by atoms with Crippen molar-refractivity contribution in [2.24, 2.45) is 0 Å². The van der Waals surface area contributed by atoms with Crippen LogP contribution in [0.5, 0.6) is 0 Å². The van der Waals surface area contributed by atoms with Crippen LogP contribution in [-0.4, -0.2) is 39.8 Å². The van der Waals surface area contributed by atoms with Crippen LogP contribution in [0.25, 0.3) is 0 Å². The highest BCUT2D eigenvalue weighted by Crippen LogP contribution is 2.21. The summed E-state index contributed by atoms with van der Waals surface area (Å²) in [6.07, 6.45) is 1.35. The molecule has 0 radical (unpaired) electrons. The third-order valence-corrected chi connectivity index (χ3v) is 5.85. The summed E-state index contributed by atoms with van der Waals surface area (Å²) in [5.41, 5.74) is 1.76. The first-order chi connectivity index (χ1) is 10.1. The smallest absolute Gasteiger partial charge is 0.235 e. The lowest BCUT2D eigenvalue weighted by Gasteiger charge is -2.24. The molecule has 118 valence electrons. The number of nitrogens with zero attached hydrogens (tertiary/aromatic N) is 1. The highest BCUT2D eigenvalue weighted by Gasteiger charge is 2.26. The van der Waals surface area contributed by atoms with Gasteiger partial charge in [0.1, 0.15) is 0 Å². The van der Waals surface area contributed by atoms with Crippen molar-refractivity contribution in [1.29, 1.82) is 0 Å². The van der Waals surface area contributed by atoms with Gasteiger partial charge in [-0.2, -0.15) is 0 Å². The lowest BCUT2D eigenvalue weighted by Crippen LogP contribution is -2.38. The molecule has 0 amide bonds. The molecule has 0 aromatic heterocycles. The normalized spacial score (nSPS) is 16.7. The van der Waals surface area contributed by atoms with Gasteiger partial charge in [0.25, 0.3) is 0 Å². The van der Waals surface area contributed by atoms with Crippen molar-refractivity contribution in [2.75, 3.05) is 35.8 Å². The maximum absolute atomic E-state index is 12.3. The van der Waals surface area contributed by atoms with Gasteiger partial charge in [-0.25, -0.2) is 8.42 Å². The van der Waals surface area contributed by atoms with Crippen LogP contribution in [-0.2, 0) is 10.0 Å². The molecule has 2 rings (SSSR count). The molecule has 1 aromatic rings. The third kappa shape index (κ3) is 4.11. The monoisotopic (exact) mass is 311 g/mol. The first-order valence-corrected chi connectivity index (χ1v) is 9.18. The van der Waals surface area contributed by atoms with E-state index in [4.69, 9.17) is 0 Å². The standard InChI is InChI=1S/C15H25N3O2S/c1-3-18(4-2)14-7-5-13(6-8-14)17-21(19,20)15-9-11-16-12-10-15/h5-8,15-17H,3-4,9-12H2,1-2H3. The number of benzene rings is 1. The summed E-state index contributed by atoms with van der Waals surface area (Å²) >= 11 is 0. The molecule has 1 saturated heterocycles. The first-order valence-electron chi connectivity index (χ1n) is 7.64. The van der Waals surface area contributed by atoms with E-state index in [0.717, 1.165) is 31.9 Å². The molecule has 1 fully saturated rings. The number of nitrogens with one attached hydrogen (secondary N) is 2. The Bertz CT molecular complexity index is 533. The van der Waals surface area contributed by atoms with E-state index in [2.05, 4.69) is 28.8 Å². The van der Waals surface area contributed by atoms with E-state index < -0.39 is 10.0 Å². The second kappa shape index (κ2) is 7.13. The van der Waals surface area contributed by atoms with E-state index in [1.54, 1.807) is 0 Å². The van der Waals surface area contributed by atoms with E-state index in [1.807, 2.05) is 24.3 Å². The van der Waals surface area contributed by atoms with Crippen molar-refractivity contribution in [3.05, 3.63) is 24.3 Å². The van der Waals surface area contributed by atoms with Crippen LogP contribution >= 0.6 is 0 Å². The SMILES string of the molecule is CCN(CC)c1ccc(NS(=O)(=O)C2CCNCC2)cc1. The number of anilines is 2. The van der Waals surface area contributed by atoms with E-state index in [9.17, 15) is 8.42 Å². The first kappa shape index (κ1) is 16.1. The molecule has 6 heteroatoms. The quantitative estimate of drug-likeness (QED) is 0.844. The lowest BCUT2D eigenvalue weighted by atomic mass is 10.2. The molecule has 2 N–H and O–H groups in total. The van der Waals surface area contributed by atoms with Gasteiger partial charge in [0, 0.05) is 24.5 Å². The van der Waals surface area contributed by atoms with E-state index in [-0.39, 0.29) is 5.25 Å². The van der Waals surface area contributed by atoms with Crippen molar-refractivity contribution in [3.63, 3.8) is 0 Å². The second-order valence-corrected chi connectivity index (χ2v) is 7.28. The van der Waals surface area contributed by atoms with Gasteiger partial charge in [-0.05, 0) is 64.0 Å². The number of piperidine rings is 1. The largest absolute Gasteiger partial charge is 0.372 e. The molecule has 5 nitrogen and oxygen atoms in total. The minimum absolute atomic E-state index is 0.291. The van der Waals surface area contributed by atoms with E-state index in [1.165, 1.54) is 0 Å². The number of hydrogen-bond donors (Lipinski definition) is 2. The predicted molar refractivity (Wildman–Crippen MR) is 88.4 cm³/mol. The van der Waals surface area contributed by atoms with Gasteiger partial charge in [0.2, 0.25) is 10.0 Å². The minimum atomic E-state index is -3.28. The summed E-state index contributed by atoms with van der Waals surface area (Å²) < 4.78 is 27.4. The Hall–Kier alpha value is -1.27. The number of hydrogen-bond acceptors (Lipinski definition) is 4. The van der Waals surface area contributed by atoms with Crippen LogP contribution in [0.4, 0.5) is 11.4 Å². The fourth-order valence-electron chi connectivity index (χ4n) is 2.68. The molecule has 1 heterocycles. The zero-order chi connectivity index (χ0) is 15.3. The Kier molecular flexibility index (Phi) is 5.47. The maximum atomic E-state index is 12.3. The Morgan fingerprint density at radius 2 is 1.71 bits per heavy atom. The summed E-state index contributed by atoms with van der Waals surface area (Å²) in [4.78, 5) is 2.23. The molecule has 1 aromatic carbocycles. The van der Waals surface area contributed by atoms with Crippen LogP contribution < -0.4 is 14.9 Å². The van der Waals surface area contributed by atoms with Gasteiger partial charge in [-0.1, -0.05) is 0 Å². The average molecular weight is 311 g/mol. The summed E-state index contributed by atoms with van der Waals surface area (Å²) in [7, 11) is -3.28. The van der Waals surface area contributed by atoms with Gasteiger partial charge in [-0.15, -0.1) is 0 Å². The van der Waals surface area contributed by atoms with Crippen LogP contribution in [0.1, 0.15) is 26.7 Å². The predicted octanol–water partition coefficient (Wildman–Crippen LogP) is 2.03. The third-order valence-electron chi connectivity index (χ3n) is 3.98. The van der Waals surface area contributed by atoms with Gasteiger partial charge >= 0.3 is 0 Å². The van der Waals surface area contributed by atoms with Gasteiger partial charge in [0.05, 0.1) is 5.25 Å². The molecule has 0 bridgehead atoms. The van der Waals surface area contributed by atoms with Gasteiger partial charge in [0.15, 0.2) is 0 Å².